The van der Waals surface area contributed by atoms with Crippen molar-refractivity contribution in [1.82, 2.24) is 4.90 Å². The van der Waals surface area contributed by atoms with Gasteiger partial charge in [0.15, 0.2) is 5.78 Å². The van der Waals surface area contributed by atoms with Gasteiger partial charge in [-0.2, -0.15) is 0 Å². The van der Waals surface area contributed by atoms with Gasteiger partial charge >= 0.3 is 12.2 Å². The van der Waals surface area contributed by atoms with E-state index in [2.05, 4.69) is 0 Å². The van der Waals surface area contributed by atoms with E-state index < -0.39 is 24.1 Å². The Bertz CT molecular complexity index is 738. The number of rotatable bonds is 4. The molecule has 1 fully saturated rings. The van der Waals surface area contributed by atoms with Gasteiger partial charge in [-0.25, -0.2) is 9.59 Å². The lowest BCUT2D eigenvalue weighted by molar-refractivity contribution is -0.193. The van der Waals surface area contributed by atoms with Gasteiger partial charge in [0.25, 0.3) is 0 Å². The summed E-state index contributed by atoms with van der Waals surface area (Å²) in [6, 6.07) is 9.40. The largest absolute Gasteiger partial charge is 0.510 e. The lowest BCUT2D eigenvalue weighted by Crippen LogP contribution is -2.55. The topological polar surface area (TPSA) is 91.4 Å². The molecule has 2 aliphatic heterocycles. The average molecular weight is 389 g/mol. The number of hydrogen-bond donors (Lipinski definition) is 0. The van der Waals surface area contributed by atoms with E-state index in [9.17, 15) is 14.4 Å². The number of benzene rings is 1. The monoisotopic (exact) mass is 389 g/mol. The van der Waals surface area contributed by atoms with Gasteiger partial charge in [-0.1, -0.05) is 30.3 Å². The summed E-state index contributed by atoms with van der Waals surface area (Å²) in [6.07, 6.45) is 1.04. The molecular formula is C20H23NO7. The quantitative estimate of drug-likeness (QED) is 0.731. The normalized spacial score (nSPS) is 20.7. The second kappa shape index (κ2) is 8.88. The van der Waals surface area contributed by atoms with Crippen LogP contribution in [-0.4, -0.2) is 54.5 Å². The van der Waals surface area contributed by atoms with E-state index in [1.165, 1.54) is 12.2 Å². The summed E-state index contributed by atoms with van der Waals surface area (Å²) >= 11 is 0. The Kier molecular flexibility index (Phi) is 6.30. The number of nitrogens with zero attached hydrogens (tertiary/aromatic N) is 1. The molecule has 150 valence electrons. The van der Waals surface area contributed by atoms with Crippen LogP contribution in [0.25, 0.3) is 0 Å². The predicted molar refractivity (Wildman–Crippen MR) is 97.3 cm³/mol. The Morgan fingerprint density at radius 3 is 2.57 bits per heavy atom. The highest BCUT2D eigenvalue weighted by Gasteiger charge is 2.46. The molecule has 8 nitrogen and oxygen atoms in total. The van der Waals surface area contributed by atoms with E-state index in [1.807, 2.05) is 30.3 Å². The maximum Gasteiger partial charge on any atom is 0.510 e. The number of piperidine rings is 1. The Morgan fingerprint density at radius 1 is 1.18 bits per heavy atom. The SMILES string of the molecule is CCOC(=O)OC1C=CC(=O)C2(CCN(C(=O)OCc3ccccc3)CC2)O1. The number of ketones is 1. The molecule has 1 aromatic rings. The van der Waals surface area contributed by atoms with Crippen molar-refractivity contribution >= 4 is 18.0 Å². The molecule has 0 aromatic heterocycles. The van der Waals surface area contributed by atoms with Gasteiger partial charge in [0.2, 0.25) is 6.29 Å². The average Bonchev–Trinajstić information content (AvgIpc) is 2.70. The molecule has 0 N–H and O–H groups in total. The summed E-state index contributed by atoms with van der Waals surface area (Å²) in [5.41, 5.74) is -0.207. The number of hydrogen-bond acceptors (Lipinski definition) is 7. The van der Waals surface area contributed by atoms with E-state index in [4.69, 9.17) is 18.9 Å². The highest BCUT2D eigenvalue weighted by molar-refractivity contribution is 5.98. The van der Waals surface area contributed by atoms with Crippen LogP contribution >= 0.6 is 0 Å². The summed E-state index contributed by atoms with van der Waals surface area (Å²) in [7, 11) is 0. The molecule has 2 heterocycles. The third-order valence-electron chi connectivity index (χ3n) is 4.70. The van der Waals surface area contributed by atoms with Gasteiger partial charge in [-0.3, -0.25) is 4.79 Å². The zero-order valence-electron chi connectivity index (χ0n) is 15.7. The molecule has 2 aliphatic rings. The van der Waals surface area contributed by atoms with Crippen LogP contribution in [-0.2, 0) is 30.3 Å². The number of carbonyl (C=O) groups excluding carboxylic acids is 3. The van der Waals surface area contributed by atoms with Crippen LogP contribution < -0.4 is 0 Å². The molecular weight excluding hydrogens is 366 g/mol. The van der Waals surface area contributed by atoms with Crippen LogP contribution in [0.1, 0.15) is 25.3 Å². The second-order valence-corrected chi connectivity index (χ2v) is 6.53. The summed E-state index contributed by atoms with van der Waals surface area (Å²) in [6.45, 7) is 2.64. The fourth-order valence-corrected chi connectivity index (χ4v) is 3.17. The molecule has 1 spiro atoms. The first kappa shape index (κ1) is 19.9. The summed E-state index contributed by atoms with van der Waals surface area (Å²) in [5, 5.41) is 0. The molecule has 1 saturated heterocycles. The van der Waals surface area contributed by atoms with Crippen LogP contribution in [0.2, 0.25) is 0 Å². The van der Waals surface area contributed by atoms with Gasteiger partial charge in [0.1, 0.15) is 12.2 Å². The van der Waals surface area contributed by atoms with E-state index in [1.54, 1.807) is 11.8 Å². The summed E-state index contributed by atoms with van der Waals surface area (Å²) in [4.78, 5) is 37.7. The van der Waals surface area contributed by atoms with E-state index in [0.717, 1.165) is 5.56 Å². The lowest BCUT2D eigenvalue weighted by atomic mass is 9.85. The first-order valence-corrected chi connectivity index (χ1v) is 9.22. The van der Waals surface area contributed by atoms with Gasteiger partial charge < -0.3 is 23.8 Å². The Hall–Kier alpha value is -2.87. The zero-order valence-corrected chi connectivity index (χ0v) is 15.7. The Labute approximate surface area is 163 Å². The van der Waals surface area contributed by atoms with Crippen LogP contribution in [0, 0.1) is 0 Å². The van der Waals surface area contributed by atoms with E-state index >= 15 is 0 Å². The lowest BCUT2D eigenvalue weighted by Gasteiger charge is -2.42. The van der Waals surface area contributed by atoms with Crippen LogP contribution in [0.15, 0.2) is 42.5 Å². The van der Waals surface area contributed by atoms with Crippen molar-refractivity contribution in [3.8, 4) is 0 Å². The number of carbonyl (C=O) groups is 3. The molecule has 0 bridgehead atoms. The molecule has 1 atom stereocenters. The van der Waals surface area contributed by atoms with Crippen molar-refractivity contribution in [2.75, 3.05) is 19.7 Å². The summed E-state index contributed by atoms with van der Waals surface area (Å²) < 4.78 is 20.9. The second-order valence-electron chi connectivity index (χ2n) is 6.53. The molecule has 1 amide bonds. The fraction of sp³-hybridized carbons (Fsp3) is 0.450. The minimum absolute atomic E-state index is 0.180. The van der Waals surface area contributed by atoms with Gasteiger partial charge in [-0.15, -0.1) is 0 Å². The minimum atomic E-state index is -1.11. The van der Waals surface area contributed by atoms with Crippen molar-refractivity contribution in [1.29, 1.82) is 0 Å². The molecule has 8 heteroatoms. The van der Waals surface area contributed by atoms with Gasteiger partial charge in [-0.05, 0) is 24.6 Å². The fourth-order valence-electron chi connectivity index (χ4n) is 3.17. The van der Waals surface area contributed by atoms with Crippen molar-refractivity contribution in [2.24, 2.45) is 0 Å². The first-order valence-electron chi connectivity index (χ1n) is 9.22. The number of likely N-dealkylation sites (tertiary alicyclic amines) is 1. The van der Waals surface area contributed by atoms with Crippen LogP contribution in [0.4, 0.5) is 9.59 Å². The molecule has 0 aliphatic carbocycles. The third kappa shape index (κ3) is 4.69. The smallest absolute Gasteiger partial charge is 0.445 e. The minimum Gasteiger partial charge on any atom is -0.445 e. The van der Waals surface area contributed by atoms with Crippen LogP contribution in [0.3, 0.4) is 0 Å². The highest BCUT2D eigenvalue weighted by Crippen LogP contribution is 2.33. The van der Waals surface area contributed by atoms with Crippen molar-refractivity contribution in [3.63, 3.8) is 0 Å². The van der Waals surface area contributed by atoms with Crippen molar-refractivity contribution in [3.05, 3.63) is 48.0 Å². The molecule has 1 unspecified atom stereocenters. The molecule has 0 radical (unpaired) electrons. The third-order valence-corrected chi connectivity index (χ3v) is 4.70. The maximum atomic E-state index is 12.4. The maximum absolute atomic E-state index is 12.4. The molecule has 0 saturated carbocycles. The number of ether oxygens (including phenoxy) is 4. The van der Waals surface area contributed by atoms with Gasteiger partial charge in [0.05, 0.1) is 6.61 Å². The Balaban J connectivity index is 1.53. The standard InChI is InChI=1S/C20H23NO7/c1-2-25-19(24)27-17-9-8-16(22)20(28-17)10-12-21(13-11-20)18(23)26-14-15-6-4-3-5-7-15/h3-9,17H,2,10-14H2,1H3. The highest BCUT2D eigenvalue weighted by atomic mass is 16.8. The van der Waals surface area contributed by atoms with Crippen molar-refractivity contribution < 1.29 is 33.3 Å². The van der Waals surface area contributed by atoms with Crippen molar-refractivity contribution in [2.45, 2.75) is 38.3 Å². The number of amides is 1. The van der Waals surface area contributed by atoms with Gasteiger partial charge in [0, 0.05) is 25.9 Å². The predicted octanol–water partition coefficient (Wildman–Crippen LogP) is 2.81. The van der Waals surface area contributed by atoms with Crippen LogP contribution in [0.5, 0.6) is 0 Å². The molecule has 28 heavy (non-hydrogen) atoms. The molecule has 3 rings (SSSR count). The van der Waals surface area contributed by atoms with E-state index in [0.29, 0.717) is 25.9 Å². The summed E-state index contributed by atoms with van der Waals surface area (Å²) in [5.74, 6) is -0.200. The first-order chi connectivity index (χ1) is 13.5. The zero-order chi connectivity index (χ0) is 20.0. The van der Waals surface area contributed by atoms with E-state index in [-0.39, 0.29) is 19.0 Å². The molecule has 1 aromatic carbocycles. The Morgan fingerprint density at radius 2 is 1.89 bits per heavy atom.